The number of aliphatic carboxylic acids is 2. The third-order valence-corrected chi connectivity index (χ3v) is 16.9. The van der Waals surface area contributed by atoms with E-state index in [2.05, 4.69) is 36.7 Å². The molecule has 22 nitrogen and oxygen atoms in total. The van der Waals surface area contributed by atoms with Gasteiger partial charge in [-0.15, -0.1) is 0 Å². The molecule has 0 radical (unpaired) electrons. The van der Waals surface area contributed by atoms with Gasteiger partial charge in [-0.25, -0.2) is 4.79 Å². The third-order valence-electron chi connectivity index (χ3n) is 16.9. The Morgan fingerprint density at radius 1 is 0.641 bits per heavy atom. The first-order chi connectivity index (χ1) is 37.1. The van der Waals surface area contributed by atoms with Crippen molar-refractivity contribution >= 4 is 47.0 Å². The van der Waals surface area contributed by atoms with Crippen LogP contribution in [0.2, 0.25) is 0 Å². The number of carboxylic acids is 2. The van der Waals surface area contributed by atoms with E-state index in [1.165, 1.54) is 14.2 Å². The molecule has 0 aromatic heterocycles. The van der Waals surface area contributed by atoms with Gasteiger partial charge in [0.2, 0.25) is 17.7 Å². The van der Waals surface area contributed by atoms with Crippen molar-refractivity contribution < 1.29 is 91.9 Å². The van der Waals surface area contributed by atoms with Crippen molar-refractivity contribution in [3.63, 3.8) is 0 Å². The maximum absolute atomic E-state index is 12.6. The minimum absolute atomic E-state index is 0.0218. The van der Waals surface area contributed by atoms with E-state index in [0.717, 1.165) is 38.5 Å². The van der Waals surface area contributed by atoms with Gasteiger partial charge in [0.15, 0.2) is 17.9 Å². The molecule has 0 saturated heterocycles. The van der Waals surface area contributed by atoms with Crippen molar-refractivity contribution in [1.29, 1.82) is 0 Å². The summed E-state index contributed by atoms with van der Waals surface area (Å²) in [6, 6.07) is -1.21. The van der Waals surface area contributed by atoms with Crippen LogP contribution in [0.5, 0.6) is 0 Å². The largest absolute Gasteiger partial charge is 0.481 e. The number of carbonyl (C=O) groups excluding carboxylic acids is 6. The molecule has 78 heavy (non-hydrogen) atoms. The molecule has 0 aliphatic heterocycles. The number of amides is 3. The number of hydrogen-bond acceptors (Lipinski definition) is 17. The Morgan fingerprint density at radius 2 is 1.28 bits per heavy atom. The molecule has 3 amide bonds. The molecule has 4 saturated carbocycles. The number of carboxylic acid groups (broad SMARTS) is 2. The van der Waals surface area contributed by atoms with Gasteiger partial charge in [-0.3, -0.25) is 33.6 Å². The maximum Gasteiger partial charge on any atom is 0.326 e. The van der Waals surface area contributed by atoms with E-state index in [-0.39, 0.29) is 160 Å². The molecular formula is C56H95N3O19. The van der Waals surface area contributed by atoms with Crippen molar-refractivity contribution in [2.24, 2.45) is 46.3 Å². The Balaban J connectivity index is 0.000000461. The Hall–Kier alpha value is -4.00. The number of hydrogen-bond donors (Lipinski definition) is 7. The average molecular weight is 1110 g/mol. The molecule has 1 unspecified atom stereocenters. The number of aliphatic hydroxyl groups is 2. The molecule has 448 valence electrons. The van der Waals surface area contributed by atoms with Crippen molar-refractivity contribution in [3.05, 3.63) is 0 Å². The summed E-state index contributed by atoms with van der Waals surface area (Å²) < 4.78 is 36.8. The van der Waals surface area contributed by atoms with E-state index in [1.54, 1.807) is 6.92 Å². The first-order valence-electron chi connectivity index (χ1n) is 28.3. The van der Waals surface area contributed by atoms with Gasteiger partial charge in [0.05, 0.1) is 57.9 Å². The number of methoxy groups -OCH3 is 2. The van der Waals surface area contributed by atoms with Crippen LogP contribution in [0.3, 0.4) is 0 Å². The summed E-state index contributed by atoms with van der Waals surface area (Å²) in [7, 11) is 2.88. The number of fused-ring (bicyclic) bond motifs is 5. The van der Waals surface area contributed by atoms with Gasteiger partial charge in [0, 0.05) is 72.3 Å². The van der Waals surface area contributed by atoms with Gasteiger partial charge in [-0.2, -0.15) is 0 Å². The molecule has 12 atom stereocenters. The van der Waals surface area contributed by atoms with E-state index in [4.69, 9.17) is 33.2 Å². The highest BCUT2D eigenvalue weighted by Crippen LogP contribution is 2.68. The van der Waals surface area contributed by atoms with Crippen LogP contribution in [-0.4, -0.2) is 185 Å². The standard InChI is InChI=1S/C37H61NO10.C19H34N2O9/c1-5-25(39)21-47-17-16-46-15-14-38-33(43)10-7-26(40)22-48-27-12-13-36(3)24(18-27)19-31(41)35-29-9-8-28(23(2)6-11-34(44)45)37(29,4)32(42)20-30(35)36;1-4-9-29-10-11-30-13-17(24)21-15(19(25)26)7-5-14(22)6-8-16(23)20-12-18(27-2)28-3/h23-24,27-32,35,41-42H,5-22H2,1-4H3,(H,38,43)(H,44,45);15,18H,4-13H2,1-3H3,(H,20,23)(H,21,24)(H,25,26)/t23-,24+,27+,28-,29?,30+,31-,32+,35+,36+,37-;15-/m10/s1. The van der Waals surface area contributed by atoms with Gasteiger partial charge in [0.25, 0.3) is 0 Å². The molecule has 4 aliphatic carbocycles. The Morgan fingerprint density at radius 3 is 1.92 bits per heavy atom. The first-order valence-corrected chi connectivity index (χ1v) is 28.3. The molecule has 0 aromatic carbocycles. The predicted octanol–water partition coefficient (Wildman–Crippen LogP) is 3.81. The summed E-state index contributed by atoms with van der Waals surface area (Å²) in [6.07, 6.45) is 6.31. The monoisotopic (exact) mass is 1110 g/mol. The summed E-state index contributed by atoms with van der Waals surface area (Å²) in [6.45, 7) is 12.8. The Labute approximate surface area is 461 Å². The number of Topliss-reactive ketones (excluding diaryl/α,β-unsaturated/α-hetero) is 3. The van der Waals surface area contributed by atoms with Gasteiger partial charge in [-0.05, 0) is 111 Å². The fourth-order valence-corrected chi connectivity index (χ4v) is 12.5. The van der Waals surface area contributed by atoms with Crippen molar-refractivity contribution in [2.45, 2.75) is 174 Å². The van der Waals surface area contributed by atoms with E-state index in [1.807, 2.05) is 6.92 Å². The fourth-order valence-electron chi connectivity index (χ4n) is 12.5. The highest BCUT2D eigenvalue weighted by molar-refractivity contribution is 5.87. The zero-order chi connectivity index (χ0) is 57.8. The van der Waals surface area contributed by atoms with Crippen LogP contribution in [0.1, 0.15) is 144 Å². The number of ether oxygens (including phenoxy) is 7. The third kappa shape index (κ3) is 22.2. The normalized spacial score (nSPS) is 26.9. The second-order valence-corrected chi connectivity index (χ2v) is 22.1. The van der Waals surface area contributed by atoms with E-state index in [9.17, 15) is 58.8 Å². The van der Waals surface area contributed by atoms with Gasteiger partial charge in [0.1, 0.15) is 31.6 Å². The van der Waals surface area contributed by atoms with Gasteiger partial charge < -0.3 is 69.5 Å². The highest BCUT2D eigenvalue weighted by atomic mass is 16.7. The molecule has 4 aliphatic rings. The van der Waals surface area contributed by atoms with Gasteiger partial charge in [-0.1, -0.05) is 34.6 Å². The van der Waals surface area contributed by atoms with Crippen molar-refractivity contribution in [2.75, 3.05) is 86.8 Å². The summed E-state index contributed by atoms with van der Waals surface area (Å²) in [5.74, 6) is -2.26. The maximum atomic E-state index is 12.6. The molecule has 0 heterocycles. The minimum Gasteiger partial charge on any atom is -0.481 e. The van der Waals surface area contributed by atoms with Crippen LogP contribution in [-0.2, 0) is 71.5 Å². The van der Waals surface area contributed by atoms with Crippen LogP contribution in [0.15, 0.2) is 0 Å². The van der Waals surface area contributed by atoms with E-state index in [0.29, 0.717) is 65.3 Å². The predicted molar refractivity (Wildman–Crippen MR) is 284 cm³/mol. The smallest absolute Gasteiger partial charge is 0.326 e. The van der Waals surface area contributed by atoms with Crippen LogP contribution >= 0.6 is 0 Å². The lowest BCUT2D eigenvalue weighted by molar-refractivity contribution is -0.209. The number of aliphatic hydroxyl groups excluding tert-OH is 2. The molecule has 0 bridgehead atoms. The van der Waals surface area contributed by atoms with E-state index >= 15 is 0 Å². The topological polar surface area (TPSA) is 318 Å². The molecule has 4 rings (SSSR count). The summed E-state index contributed by atoms with van der Waals surface area (Å²) in [5, 5.41) is 49.5. The molecular weight excluding hydrogens is 1020 g/mol. The lowest BCUT2D eigenvalue weighted by Crippen LogP contribution is -2.62. The number of ketones is 3. The summed E-state index contributed by atoms with van der Waals surface area (Å²) in [5.41, 5.74) is -0.340. The van der Waals surface area contributed by atoms with Crippen LogP contribution < -0.4 is 16.0 Å². The van der Waals surface area contributed by atoms with Crippen LogP contribution in [0.4, 0.5) is 0 Å². The number of carbonyl (C=O) groups is 8. The molecule has 22 heteroatoms. The molecule has 7 N–H and O–H groups in total. The number of rotatable bonds is 38. The zero-order valence-electron chi connectivity index (χ0n) is 47.6. The highest BCUT2D eigenvalue weighted by Gasteiger charge is 2.65. The first kappa shape index (κ1) is 68.3. The van der Waals surface area contributed by atoms with Crippen molar-refractivity contribution in [1.82, 2.24) is 16.0 Å². The average Bonchev–Trinajstić information content (AvgIpc) is 3.83. The van der Waals surface area contributed by atoms with Crippen LogP contribution in [0, 0.1) is 46.3 Å². The summed E-state index contributed by atoms with van der Waals surface area (Å²) >= 11 is 0. The molecule has 0 aromatic rings. The second-order valence-electron chi connectivity index (χ2n) is 22.1. The lowest BCUT2D eigenvalue weighted by atomic mass is 9.43. The second kappa shape index (κ2) is 35.7. The lowest BCUT2D eigenvalue weighted by Gasteiger charge is -2.63. The van der Waals surface area contributed by atoms with Crippen molar-refractivity contribution in [3.8, 4) is 0 Å². The summed E-state index contributed by atoms with van der Waals surface area (Å²) in [4.78, 5) is 93.9. The van der Waals surface area contributed by atoms with Gasteiger partial charge >= 0.3 is 11.9 Å². The fraction of sp³-hybridized carbons (Fsp3) is 0.857. The van der Waals surface area contributed by atoms with E-state index < -0.39 is 42.4 Å². The molecule has 0 spiro atoms. The number of nitrogens with one attached hydrogen (secondary N) is 3. The minimum atomic E-state index is -1.25. The quantitative estimate of drug-likeness (QED) is 0.0341. The Kier molecular flexibility index (Phi) is 31.2. The molecule has 4 fully saturated rings. The zero-order valence-corrected chi connectivity index (χ0v) is 47.6. The van der Waals surface area contributed by atoms with Crippen LogP contribution in [0.25, 0.3) is 0 Å². The Bertz CT molecular complexity index is 1890. The SMILES string of the molecule is CCC(=O)COCCOCCNC(=O)CCC(=O)CO[C@H]1CC[C@@]2(C)[C@@H](C1)C[C@@H](O)[C@H]1C3CC[C@H]([C@H](C)CCC(=O)O)[C@@]3(C)[C@@H](O)C[C@@H]12.CCCOCCOCC(=O)N[C@@H](CCC(=O)CCC(=O)NCC(OC)OC)C(=O)O.